The summed E-state index contributed by atoms with van der Waals surface area (Å²) in [4.78, 5) is 4.62. The molecule has 0 bridgehead atoms. The van der Waals surface area contributed by atoms with E-state index in [0.717, 1.165) is 25.0 Å². The number of thiazole rings is 1. The Hall–Kier alpha value is -0.580. The van der Waals surface area contributed by atoms with Gasteiger partial charge in [-0.25, -0.2) is 4.98 Å². The van der Waals surface area contributed by atoms with Gasteiger partial charge in [-0.3, -0.25) is 0 Å². The molecule has 0 radical (unpaired) electrons. The van der Waals surface area contributed by atoms with E-state index in [-0.39, 0.29) is 0 Å². The van der Waals surface area contributed by atoms with Crippen molar-refractivity contribution in [2.24, 2.45) is 0 Å². The van der Waals surface area contributed by atoms with Gasteiger partial charge in [0.15, 0.2) is 0 Å². The molecular formula is C13H18N2S2. The Morgan fingerprint density at radius 2 is 2.18 bits per heavy atom. The lowest BCUT2D eigenvalue weighted by Crippen LogP contribution is -2.18. The molecule has 0 saturated carbocycles. The van der Waals surface area contributed by atoms with Crippen LogP contribution in [0.2, 0.25) is 0 Å². The minimum Gasteiger partial charge on any atom is -0.316 e. The van der Waals surface area contributed by atoms with Crippen LogP contribution >= 0.6 is 23.1 Å². The van der Waals surface area contributed by atoms with Gasteiger partial charge in [0.05, 0.1) is 15.2 Å². The molecule has 0 aliphatic heterocycles. The summed E-state index contributed by atoms with van der Waals surface area (Å²) in [5.41, 5.74) is 1.13. The lowest BCUT2D eigenvalue weighted by atomic mass is 10.3. The number of para-hydroxylation sites is 1. The molecule has 0 aliphatic carbocycles. The van der Waals surface area contributed by atoms with Crippen LogP contribution in [0.15, 0.2) is 24.3 Å². The summed E-state index contributed by atoms with van der Waals surface area (Å²) in [7, 11) is 0. The van der Waals surface area contributed by atoms with E-state index in [1.807, 2.05) is 29.2 Å². The second-order valence-electron chi connectivity index (χ2n) is 3.92. The minimum atomic E-state index is 1.04. The number of benzene rings is 1. The van der Waals surface area contributed by atoms with Crippen molar-refractivity contribution < 1.29 is 0 Å². The number of nitrogens with zero attached hydrogens (tertiary/aromatic N) is 1. The molecule has 0 aliphatic rings. The molecule has 2 rings (SSSR count). The average molecular weight is 266 g/mol. The molecule has 0 saturated heterocycles. The molecule has 0 amide bonds. The molecule has 4 heteroatoms. The van der Waals surface area contributed by atoms with E-state index in [4.69, 9.17) is 0 Å². The fourth-order valence-corrected chi connectivity index (χ4v) is 3.09. The van der Waals surface area contributed by atoms with Crippen LogP contribution in [0.25, 0.3) is 10.2 Å². The second-order valence-corrected chi connectivity index (χ2v) is 6.02. The zero-order valence-electron chi connectivity index (χ0n) is 10.1. The van der Waals surface area contributed by atoms with E-state index in [0.29, 0.717) is 0 Å². The van der Waals surface area contributed by atoms with Gasteiger partial charge < -0.3 is 5.32 Å². The van der Waals surface area contributed by atoms with E-state index >= 15 is 0 Å². The van der Waals surface area contributed by atoms with Crippen molar-refractivity contribution in [3.8, 4) is 0 Å². The predicted molar refractivity (Wildman–Crippen MR) is 79.2 cm³/mol. The predicted octanol–water partition coefficient (Wildman–Crippen LogP) is 3.18. The third kappa shape index (κ3) is 3.98. The van der Waals surface area contributed by atoms with Crippen LogP contribution in [0.3, 0.4) is 0 Å². The van der Waals surface area contributed by atoms with E-state index in [2.05, 4.69) is 34.8 Å². The van der Waals surface area contributed by atoms with Crippen LogP contribution in [0, 0.1) is 0 Å². The van der Waals surface area contributed by atoms with E-state index in [9.17, 15) is 0 Å². The molecule has 1 N–H and O–H groups in total. The molecule has 0 atom stereocenters. The maximum absolute atomic E-state index is 4.62. The molecule has 2 aromatic rings. The van der Waals surface area contributed by atoms with Crippen molar-refractivity contribution in [1.29, 1.82) is 0 Å². The van der Waals surface area contributed by atoms with Gasteiger partial charge in [0.25, 0.3) is 0 Å². The van der Waals surface area contributed by atoms with Crippen molar-refractivity contribution in [2.75, 3.05) is 25.1 Å². The van der Waals surface area contributed by atoms with Gasteiger partial charge in [-0.1, -0.05) is 12.1 Å². The highest BCUT2D eigenvalue weighted by molar-refractivity contribution is 7.98. The Bertz CT molecular complexity index is 420. The zero-order valence-corrected chi connectivity index (χ0v) is 11.7. The highest BCUT2D eigenvalue weighted by Crippen LogP contribution is 2.21. The smallest absolute Gasteiger partial charge is 0.0951 e. The monoisotopic (exact) mass is 266 g/mol. The third-order valence-corrected chi connectivity index (χ3v) is 4.35. The van der Waals surface area contributed by atoms with Crippen molar-refractivity contribution in [2.45, 2.75) is 12.8 Å². The number of rotatable bonds is 7. The van der Waals surface area contributed by atoms with Gasteiger partial charge in [-0.05, 0) is 37.1 Å². The first kappa shape index (κ1) is 12.9. The van der Waals surface area contributed by atoms with E-state index in [1.165, 1.54) is 21.9 Å². The number of hydrogen-bond donors (Lipinski definition) is 1. The van der Waals surface area contributed by atoms with Gasteiger partial charge >= 0.3 is 0 Å². The Morgan fingerprint density at radius 1 is 1.29 bits per heavy atom. The Labute approximate surface area is 111 Å². The Balaban J connectivity index is 1.75. The van der Waals surface area contributed by atoms with Crippen LogP contribution in [-0.2, 0) is 6.42 Å². The van der Waals surface area contributed by atoms with Gasteiger partial charge in [0.1, 0.15) is 0 Å². The molecule has 1 aromatic heterocycles. The summed E-state index contributed by atoms with van der Waals surface area (Å²) in [6, 6.07) is 8.35. The molecule has 92 valence electrons. The lowest BCUT2D eigenvalue weighted by molar-refractivity contribution is 0.673. The number of aromatic nitrogens is 1. The number of fused-ring (bicyclic) bond motifs is 1. The van der Waals surface area contributed by atoms with Crippen LogP contribution in [-0.4, -0.2) is 30.1 Å². The molecular weight excluding hydrogens is 248 g/mol. The molecule has 17 heavy (non-hydrogen) atoms. The standard InChI is InChI=1S/C13H18N2S2/c1-16-10-4-8-14-9-7-13-15-11-5-2-3-6-12(11)17-13/h2-3,5-6,14H,4,7-10H2,1H3. The summed E-state index contributed by atoms with van der Waals surface area (Å²) < 4.78 is 1.30. The first-order valence-electron chi connectivity index (χ1n) is 5.94. The maximum atomic E-state index is 4.62. The maximum Gasteiger partial charge on any atom is 0.0951 e. The van der Waals surface area contributed by atoms with Crippen molar-refractivity contribution in [1.82, 2.24) is 10.3 Å². The second kappa shape index (κ2) is 6.99. The van der Waals surface area contributed by atoms with Gasteiger partial charge in [0, 0.05) is 13.0 Å². The lowest BCUT2D eigenvalue weighted by Gasteiger charge is -2.01. The van der Waals surface area contributed by atoms with Crippen molar-refractivity contribution in [3.05, 3.63) is 29.3 Å². The molecule has 1 aromatic carbocycles. The molecule has 1 heterocycles. The third-order valence-electron chi connectivity index (χ3n) is 2.56. The summed E-state index contributed by atoms with van der Waals surface area (Å²) in [6.45, 7) is 2.15. The van der Waals surface area contributed by atoms with Gasteiger partial charge in [-0.15, -0.1) is 11.3 Å². The van der Waals surface area contributed by atoms with E-state index in [1.54, 1.807) is 0 Å². The van der Waals surface area contributed by atoms with Gasteiger partial charge in [0.2, 0.25) is 0 Å². The summed E-state index contributed by atoms with van der Waals surface area (Å²) >= 11 is 3.72. The number of nitrogens with one attached hydrogen (secondary N) is 1. The fourth-order valence-electron chi connectivity index (χ4n) is 1.69. The fraction of sp³-hybridized carbons (Fsp3) is 0.462. The topological polar surface area (TPSA) is 24.9 Å². The number of hydrogen-bond acceptors (Lipinski definition) is 4. The molecule has 0 fully saturated rings. The first-order chi connectivity index (χ1) is 8.40. The molecule has 2 nitrogen and oxygen atoms in total. The number of thioether (sulfide) groups is 1. The van der Waals surface area contributed by atoms with Crippen LogP contribution in [0.4, 0.5) is 0 Å². The Kier molecular flexibility index (Phi) is 5.29. The average Bonchev–Trinajstić information content (AvgIpc) is 2.76. The highest BCUT2D eigenvalue weighted by Gasteiger charge is 2.01. The van der Waals surface area contributed by atoms with Crippen molar-refractivity contribution >= 4 is 33.3 Å². The molecule has 0 unspecified atom stereocenters. The summed E-state index contributed by atoms with van der Waals surface area (Å²) in [5.74, 6) is 1.24. The molecule has 0 spiro atoms. The van der Waals surface area contributed by atoms with Crippen LogP contribution in [0.5, 0.6) is 0 Å². The zero-order chi connectivity index (χ0) is 11.9. The highest BCUT2D eigenvalue weighted by atomic mass is 32.2. The van der Waals surface area contributed by atoms with Crippen LogP contribution in [0.1, 0.15) is 11.4 Å². The van der Waals surface area contributed by atoms with E-state index < -0.39 is 0 Å². The van der Waals surface area contributed by atoms with Gasteiger partial charge in [-0.2, -0.15) is 11.8 Å². The largest absolute Gasteiger partial charge is 0.316 e. The first-order valence-corrected chi connectivity index (χ1v) is 8.15. The normalized spacial score (nSPS) is 11.1. The van der Waals surface area contributed by atoms with Crippen molar-refractivity contribution in [3.63, 3.8) is 0 Å². The minimum absolute atomic E-state index is 1.04. The Morgan fingerprint density at radius 3 is 3.00 bits per heavy atom. The SMILES string of the molecule is CSCCCNCCc1nc2ccccc2s1. The summed E-state index contributed by atoms with van der Waals surface area (Å²) in [5, 5.41) is 4.71. The quantitative estimate of drug-likeness (QED) is 0.779. The van der Waals surface area contributed by atoms with Crippen LogP contribution < -0.4 is 5.32 Å². The summed E-state index contributed by atoms with van der Waals surface area (Å²) in [6.07, 6.45) is 4.45.